The first-order valence-corrected chi connectivity index (χ1v) is 13.6. The van der Waals surface area contributed by atoms with Crippen LogP contribution in [0, 0.1) is 34.6 Å². The molecular formula is C27H35N5O3S. The first-order valence-electron chi connectivity index (χ1n) is 12.2. The van der Waals surface area contributed by atoms with Crippen molar-refractivity contribution in [2.75, 3.05) is 41.9 Å². The van der Waals surface area contributed by atoms with Gasteiger partial charge in [0.05, 0.1) is 17.1 Å². The molecule has 0 spiro atoms. The van der Waals surface area contributed by atoms with Gasteiger partial charge in [-0.25, -0.2) is 8.42 Å². The predicted octanol–water partition coefficient (Wildman–Crippen LogP) is 3.51. The molecule has 1 aliphatic rings. The van der Waals surface area contributed by atoms with Crippen LogP contribution in [0.5, 0.6) is 0 Å². The Morgan fingerprint density at radius 1 is 0.917 bits per heavy atom. The Bertz CT molecular complexity index is 1370. The van der Waals surface area contributed by atoms with E-state index in [0.717, 1.165) is 5.56 Å². The SMILES string of the molecule is Cc1ccc(N(CC(=O)N2CCN(c3cc(C)ccc3C)CC2)S(=O)(=O)c2c(C)nn(C)c2C)cc1. The van der Waals surface area contributed by atoms with Crippen LogP contribution in [-0.2, 0) is 21.9 Å². The smallest absolute Gasteiger partial charge is 0.268 e. The van der Waals surface area contributed by atoms with Gasteiger partial charge in [-0.15, -0.1) is 0 Å². The van der Waals surface area contributed by atoms with Gasteiger partial charge in [0, 0.05) is 38.9 Å². The molecule has 192 valence electrons. The van der Waals surface area contributed by atoms with E-state index in [4.69, 9.17) is 0 Å². The lowest BCUT2D eigenvalue weighted by Gasteiger charge is -2.38. The Hall–Kier alpha value is -3.33. The first kappa shape index (κ1) is 25.8. The molecule has 2 aromatic carbocycles. The van der Waals surface area contributed by atoms with E-state index in [1.54, 1.807) is 42.6 Å². The van der Waals surface area contributed by atoms with Crippen LogP contribution in [0.15, 0.2) is 47.4 Å². The molecule has 3 aromatic rings. The van der Waals surface area contributed by atoms with Crippen LogP contribution in [0.3, 0.4) is 0 Å². The fourth-order valence-electron chi connectivity index (χ4n) is 4.74. The first-order chi connectivity index (χ1) is 17.0. The Balaban J connectivity index is 1.57. The zero-order valence-corrected chi connectivity index (χ0v) is 22.8. The summed E-state index contributed by atoms with van der Waals surface area (Å²) in [5.74, 6) is -0.209. The van der Waals surface area contributed by atoms with Crippen molar-refractivity contribution in [2.24, 2.45) is 7.05 Å². The van der Waals surface area contributed by atoms with E-state index < -0.39 is 10.0 Å². The van der Waals surface area contributed by atoms with Crippen LogP contribution in [0.2, 0.25) is 0 Å². The van der Waals surface area contributed by atoms with Crippen molar-refractivity contribution in [3.8, 4) is 0 Å². The highest BCUT2D eigenvalue weighted by atomic mass is 32.2. The number of hydrogen-bond donors (Lipinski definition) is 0. The van der Waals surface area contributed by atoms with E-state index in [0.29, 0.717) is 43.3 Å². The molecular weight excluding hydrogens is 474 g/mol. The minimum absolute atomic E-state index is 0.151. The van der Waals surface area contributed by atoms with E-state index >= 15 is 0 Å². The summed E-state index contributed by atoms with van der Waals surface area (Å²) in [6.45, 7) is 11.8. The predicted molar refractivity (Wildman–Crippen MR) is 143 cm³/mol. The molecule has 0 atom stereocenters. The number of nitrogens with zero attached hydrogens (tertiary/aromatic N) is 5. The third-order valence-electron chi connectivity index (χ3n) is 6.93. The van der Waals surface area contributed by atoms with Crippen molar-refractivity contribution in [3.05, 3.63) is 70.5 Å². The topological polar surface area (TPSA) is 78.8 Å². The number of rotatable bonds is 6. The van der Waals surface area contributed by atoms with E-state index in [1.165, 1.54) is 21.1 Å². The lowest BCUT2D eigenvalue weighted by molar-refractivity contribution is -0.129. The van der Waals surface area contributed by atoms with Crippen molar-refractivity contribution in [3.63, 3.8) is 0 Å². The fraction of sp³-hybridized carbons (Fsp3) is 0.407. The molecule has 4 rings (SSSR count). The second-order valence-electron chi connectivity index (χ2n) is 9.63. The lowest BCUT2D eigenvalue weighted by atomic mass is 10.1. The van der Waals surface area contributed by atoms with Crippen LogP contribution in [0.1, 0.15) is 28.1 Å². The van der Waals surface area contributed by atoms with Crippen LogP contribution < -0.4 is 9.21 Å². The maximum atomic E-state index is 13.9. The molecule has 9 heteroatoms. The molecule has 1 aromatic heterocycles. The molecule has 1 saturated heterocycles. The number of hydrogen-bond acceptors (Lipinski definition) is 5. The van der Waals surface area contributed by atoms with Crippen LogP contribution in [0.4, 0.5) is 11.4 Å². The van der Waals surface area contributed by atoms with Crippen LogP contribution in [0.25, 0.3) is 0 Å². The summed E-state index contributed by atoms with van der Waals surface area (Å²) in [6.07, 6.45) is 0. The Morgan fingerprint density at radius 2 is 1.53 bits per heavy atom. The van der Waals surface area contributed by atoms with E-state index in [2.05, 4.69) is 42.0 Å². The summed E-state index contributed by atoms with van der Waals surface area (Å²) in [7, 11) is -2.29. The zero-order chi connectivity index (χ0) is 26.2. The molecule has 36 heavy (non-hydrogen) atoms. The number of piperazine rings is 1. The third-order valence-corrected chi connectivity index (χ3v) is 8.96. The number of carbonyl (C=O) groups excluding carboxylic acids is 1. The summed E-state index contributed by atoms with van der Waals surface area (Å²) < 4.78 is 30.6. The number of carbonyl (C=O) groups is 1. The summed E-state index contributed by atoms with van der Waals surface area (Å²) >= 11 is 0. The molecule has 1 aliphatic heterocycles. The maximum absolute atomic E-state index is 13.9. The summed E-state index contributed by atoms with van der Waals surface area (Å²) in [4.78, 5) is 17.7. The van der Waals surface area contributed by atoms with Gasteiger partial charge in [0.25, 0.3) is 10.0 Å². The van der Waals surface area contributed by atoms with Gasteiger partial charge in [-0.1, -0.05) is 29.8 Å². The Labute approximate surface area is 214 Å². The number of aromatic nitrogens is 2. The molecule has 0 bridgehead atoms. The number of sulfonamides is 1. The van der Waals surface area contributed by atoms with E-state index in [-0.39, 0.29) is 17.3 Å². The number of benzene rings is 2. The van der Waals surface area contributed by atoms with Crippen molar-refractivity contribution in [1.29, 1.82) is 0 Å². The molecule has 1 fully saturated rings. The van der Waals surface area contributed by atoms with Gasteiger partial charge >= 0.3 is 0 Å². The van der Waals surface area contributed by atoms with Gasteiger partial charge in [0.1, 0.15) is 11.4 Å². The monoisotopic (exact) mass is 509 g/mol. The molecule has 2 heterocycles. The minimum atomic E-state index is -4.01. The lowest BCUT2D eigenvalue weighted by Crippen LogP contribution is -2.52. The normalized spacial score (nSPS) is 14.3. The molecule has 0 unspecified atom stereocenters. The summed E-state index contributed by atoms with van der Waals surface area (Å²) in [5.41, 5.74) is 6.03. The quantitative estimate of drug-likeness (QED) is 0.508. The fourth-order valence-corrected chi connectivity index (χ4v) is 6.56. The molecule has 1 amide bonds. The summed E-state index contributed by atoms with van der Waals surface area (Å²) in [6, 6.07) is 13.6. The molecule has 0 saturated carbocycles. The van der Waals surface area contributed by atoms with Gasteiger partial charge < -0.3 is 9.80 Å². The minimum Gasteiger partial charge on any atom is -0.368 e. The van der Waals surface area contributed by atoms with Crippen molar-refractivity contribution in [2.45, 2.75) is 39.5 Å². The van der Waals surface area contributed by atoms with E-state index in [9.17, 15) is 13.2 Å². The standard InChI is InChI=1S/C27H35N5O3S/c1-19-8-11-24(12-9-19)32(36(34,35)27-22(4)28-29(6)23(27)5)18-26(33)31-15-13-30(14-16-31)25-17-20(2)7-10-21(25)3/h7-12,17H,13-16,18H2,1-6H3. The van der Waals surface area contributed by atoms with Gasteiger partial charge in [-0.3, -0.25) is 13.8 Å². The number of aryl methyl sites for hydroxylation is 5. The second-order valence-corrected chi connectivity index (χ2v) is 11.4. The molecule has 8 nitrogen and oxygen atoms in total. The largest absolute Gasteiger partial charge is 0.368 e. The molecule has 0 radical (unpaired) electrons. The third kappa shape index (κ3) is 4.97. The molecule has 0 aliphatic carbocycles. The van der Waals surface area contributed by atoms with Gasteiger partial charge in [0.2, 0.25) is 5.91 Å². The van der Waals surface area contributed by atoms with Crippen molar-refractivity contribution < 1.29 is 13.2 Å². The van der Waals surface area contributed by atoms with Crippen LogP contribution in [-0.4, -0.2) is 61.7 Å². The zero-order valence-electron chi connectivity index (χ0n) is 21.9. The van der Waals surface area contributed by atoms with Gasteiger partial charge in [0.15, 0.2) is 0 Å². The Morgan fingerprint density at radius 3 is 2.11 bits per heavy atom. The van der Waals surface area contributed by atoms with Gasteiger partial charge in [-0.2, -0.15) is 5.10 Å². The summed E-state index contributed by atoms with van der Waals surface area (Å²) in [5, 5.41) is 4.30. The number of amides is 1. The highest BCUT2D eigenvalue weighted by Crippen LogP contribution is 2.29. The molecule has 0 N–H and O–H groups in total. The maximum Gasteiger partial charge on any atom is 0.268 e. The van der Waals surface area contributed by atoms with E-state index in [1.807, 2.05) is 19.1 Å². The van der Waals surface area contributed by atoms with Gasteiger partial charge in [-0.05, 0) is 63.9 Å². The average molecular weight is 510 g/mol. The van der Waals surface area contributed by atoms with Crippen molar-refractivity contribution >= 4 is 27.3 Å². The highest BCUT2D eigenvalue weighted by Gasteiger charge is 2.34. The number of anilines is 2. The highest BCUT2D eigenvalue weighted by molar-refractivity contribution is 7.93. The van der Waals surface area contributed by atoms with Crippen molar-refractivity contribution in [1.82, 2.24) is 14.7 Å². The Kier molecular flexibility index (Phi) is 7.13. The van der Waals surface area contributed by atoms with Crippen LogP contribution >= 0.6 is 0 Å². The second kappa shape index (κ2) is 9.97. The average Bonchev–Trinajstić information content (AvgIpc) is 3.11.